The lowest BCUT2D eigenvalue weighted by Gasteiger charge is -2.29. The second-order valence-electron chi connectivity index (χ2n) is 9.85. The number of hydrazine groups is 1. The first-order chi connectivity index (χ1) is 15.6. The number of nitrogens with one attached hydrogen (secondary N) is 2. The molecule has 2 aromatic rings. The van der Waals surface area contributed by atoms with Gasteiger partial charge in [-0.25, -0.2) is 0 Å². The predicted octanol–water partition coefficient (Wildman–Crippen LogP) is 6.16. The highest BCUT2D eigenvalue weighted by Crippen LogP contribution is 2.28. The van der Waals surface area contributed by atoms with E-state index < -0.39 is 17.4 Å². The van der Waals surface area contributed by atoms with Gasteiger partial charge in [0.25, 0.3) is 0 Å². The maximum atomic E-state index is 13.3. The molecule has 2 aromatic carbocycles. The normalized spacial score (nSPS) is 13.5. The van der Waals surface area contributed by atoms with Gasteiger partial charge in [-0.2, -0.15) is 0 Å². The second-order valence-corrected chi connectivity index (χ2v) is 9.85. The number of carbonyl (C=O) groups excluding carboxylic acids is 2. The number of aryl methyl sites for hydroxylation is 1. The molecule has 2 atom stereocenters. The van der Waals surface area contributed by atoms with E-state index in [0.717, 1.165) is 16.8 Å². The predicted molar refractivity (Wildman–Crippen MR) is 135 cm³/mol. The maximum absolute atomic E-state index is 13.3. The highest BCUT2D eigenvalue weighted by molar-refractivity contribution is 5.86. The van der Waals surface area contributed by atoms with Gasteiger partial charge in [-0.3, -0.25) is 20.4 Å². The molecule has 0 aliphatic heterocycles. The largest absolute Gasteiger partial charge is 0.460 e. The zero-order chi connectivity index (χ0) is 24.4. The summed E-state index contributed by atoms with van der Waals surface area (Å²) >= 11 is 0. The van der Waals surface area contributed by atoms with E-state index in [4.69, 9.17) is 4.74 Å². The Balaban J connectivity index is 2.25. The van der Waals surface area contributed by atoms with Crippen molar-refractivity contribution in [3.05, 3.63) is 71.8 Å². The van der Waals surface area contributed by atoms with Crippen molar-refractivity contribution in [1.82, 2.24) is 5.43 Å². The fourth-order valence-corrected chi connectivity index (χ4v) is 3.61. The molecule has 0 saturated carbocycles. The number of hydrogen-bond donors (Lipinski definition) is 2. The molecule has 178 valence electrons. The Morgan fingerprint density at radius 1 is 0.970 bits per heavy atom. The van der Waals surface area contributed by atoms with Crippen molar-refractivity contribution >= 4 is 23.6 Å². The molecule has 0 spiro atoms. The van der Waals surface area contributed by atoms with Crippen molar-refractivity contribution in [3.63, 3.8) is 0 Å². The Kier molecular flexibility index (Phi) is 9.71. The number of rotatable bonds is 10. The second kappa shape index (κ2) is 12.2. The average Bonchev–Trinajstić information content (AvgIpc) is 2.74. The van der Waals surface area contributed by atoms with Crippen molar-refractivity contribution in [3.8, 4) is 0 Å². The molecule has 33 heavy (non-hydrogen) atoms. The molecule has 0 fully saturated rings. The lowest BCUT2D eigenvalue weighted by molar-refractivity contribution is -0.164. The van der Waals surface area contributed by atoms with Gasteiger partial charge in [-0.05, 0) is 63.6 Å². The Morgan fingerprint density at radius 3 is 2.21 bits per heavy atom. The molecule has 1 amide bonds. The molecule has 2 rings (SSSR count). The zero-order valence-electron chi connectivity index (χ0n) is 20.7. The average molecular weight is 451 g/mol. The van der Waals surface area contributed by atoms with E-state index in [2.05, 4.69) is 24.7 Å². The third-order valence-electron chi connectivity index (χ3n) is 5.22. The van der Waals surface area contributed by atoms with E-state index in [1.54, 1.807) is 0 Å². The minimum atomic E-state index is -0.628. The van der Waals surface area contributed by atoms with Crippen LogP contribution in [-0.4, -0.2) is 17.5 Å². The SMILES string of the molecule is Cc1ccccc1NNC(=O)[C@H](CC(C)C)[C@H](CC=Cc1ccccc1)C(=O)OC(C)(C)C. The van der Waals surface area contributed by atoms with Crippen LogP contribution < -0.4 is 10.9 Å². The number of para-hydroxylation sites is 1. The molecule has 0 saturated heterocycles. The van der Waals surface area contributed by atoms with E-state index in [1.807, 2.05) is 94.4 Å². The molecule has 0 heterocycles. The van der Waals surface area contributed by atoms with E-state index in [-0.39, 0.29) is 17.8 Å². The fourth-order valence-electron chi connectivity index (χ4n) is 3.61. The van der Waals surface area contributed by atoms with Crippen LogP contribution in [0.15, 0.2) is 60.7 Å². The van der Waals surface area contributed by atoms with Crippen LogP contribution in [0.25, 0.3) is 6.08 Å². The third kappa shape index (κ3) is 9.13. The molecule has 5 nitrogen and oxygen atoms in total. The van der Waals surface area contributed by atoms with Crippen LogP contribution in [0, 0.1) is 24.7 Å². The smallest absolute Gasteiger partial charge is 0.310 e. The van der Waals surface area contributed by atoms with Gasteiger partial charge >= 0.3 is 5.97 Å². The molecule has 0 aromatic heterocycles. The van der Waals surface area contributed by atoms with Gasteiger partial charge in [0.1, 0.15) is 5.60 Å². The highest BCUT2D eigenvalue weighted by Gasteiger charge is 2.36. The summed E-state index contributed by atoms with van der Waals surface area (Å²) in [4.78, 5) is 26.5. The monoisotopic (exact) mass is 450 g/mol. The van der Waals surface area contributed by atoms with Gasteiger partial charge in [0.05, 0.1) is 17.5 Å². The van der Waals surface area contributed by atoms with Gasteiger partial charge in [-0.15, -0.1) is 0 Å². The summed E-state index contributed by atoms with van der Waals surface area (Å²) < 4.78 is 5.72. The number of hydrogen-bond acceptors (Lipinski definition) is 4. The van der Waals surface area contributed by atoms with E-state index in [1.165, 1.54) is 0 Å². The number of esters is 1. The molecule has 0 aliphatic rings. The van der Waals surface area contributed by atoms with Crippen molar-refractivity contribution in [2.45, 2.75) is 60.0 Å². The lowest BCUT2D eigenvalue weighted by atomic mass is 9.82. The fraction of sp³-hybridized carbons (Fsp3) is 0.429. The number of anilines is 1. The quantitative estimate of drug-likeness (QED) is 0.336. The Labute approximate surface area is 198 Å². The van der Waals surface area contributed by atoms with Crippen LogP contribution in [-0.2, 0) is 14.3 Å². The molecular weight excluding hydrogens is 412 g/mol. The first kappa shape index (κ1) is 26.2. The van der Waals surface area contributed by atoms with Crippen LogP contribution in [0.5, 0.6) is 0 Å². The van der Waals surface area contributed by atoms with Gasteiger partial charge in [0.15, 0.2) is 0 Å². The summed E-state index contributed by atoms with van der Waals surface area (Å²) in [5.74, 6) is -1.45. The summed E-state index contributed by atoms with van der Waals surface area (Å²) in [6.07, 6.45) is 4.93. The highest BCUT2D eigenvalue weighted by atomic mass is 16.6. The Morgan fingerprint density at radius 2 is 1.61 bits per heavy atom. The minimum absolute atomic E-state index is 0.212. The summed E-state index contributed by atoms with van der Waals surface area (Å²) in [6, 6.07) is 17.6. The summed E-state index contributed by atoms with van der Waals surface area (Å²) in [7, 11) is 0. The minimum Gasteiger partial charge on any atom is -0.460 e. The standard InChI is InChI=1S/C28H38N2O3/c1-20(2)19-24(26(31)30-29-25-18-11-10-13-21(25)3)23(27(32)33-28(4,5)6)17-12-16-22-14-8-7-9-15-22/h7-16,18,20,23-24,29H,17,19H2,1-6H3,(H,30,31)/t23-,24+/m0/s1. The summed E-state index contributed by atoms with van der Waals surface area (Å²) in [5.41, 5.74) is 8.12. The maximum Gasteiger partial charge on any atom is 0.310 e. The first-order valence-electron chi connectivity index (χ1n) is 11.6. The Hall–Kier alpha value is -3.08. The third-order valence-corrected chi connectivity index (χ3v) is 5.22. The van der Waals surface area contributed by atoms with Crippen LogP contribution in [0.2, 0.25) is 0 Å². The zero-order valence-corrected chi connectivity index (χ0v) is 20.7. The summed E-state index contributed by atoms with van der Waals surface area (Å²) in [6.45, 7) is 11.6. The number of allylic oxidation sites excluding steroid dienone is 1. The van der Waals surface area contributed by atoms with Crippen molar-refractivity contribution in [2.24, 2.45) is 17.8 Å². The number of benzene rings is 2. The van der Waals surface area contributed by atoms with Gasteiger partial charge < -0.3 is 4.74 Å². The van der Waals surface area contributed by atoms with E-state index in [0.29, 0.717) is 12.8 Å². The number of carbonyl (C=O) groups is 2. The van der Waals surface area contributed by atoms with Crippen molar-refractivity contribution < 1.29 is 14.3 Å². The topological polar surface area (TPSA) is 67.4 Å². The lowest BCUT2D eigenvalue weighted by Crippen LogP contribution is -2.43. The first-order valence-corrected chi connectivity index (χ1v) is 11.6. The molecule has 0 unspecified atom stereocenters. The van der Waals surface area contributed by atoms with Gasteiger partial charge in [-0.1, -0.05) is 74.5 Å². The number of ether oxygens (including phenoxy) is 1. The number of amides is 1. The van der Waals surface area contributed by atoms with E-state index >= 15 is 0 Å². The molecule has 0 aliphatic carbocycles. The van der Waals surface area contributed by atoms with Crippen molar-refractivity contribution in [1.29, 1.82) is 0 Å². The van der Waals surface area contributed by atoms with Crippen LogP contribution in [0.3, 0.4) is 0 Å². The van der Waals surface area contributed by atoms with Crippen LogP contribution >= 0.6 is 0 Å². The van der Waals surface area contributed by atoms with Crippen molar-refractivity contribution in [2.75, 3.05) is 5.43 Å². The van der Waals surface area contributed by atoms with Crippen LogP contribution in [0.1, 0.15) is 58.6 Å². The molecular formula is C28H38N2O3. The molecule has 2 N–H and O–H groups in total. The molecule has 5 heteroatoms. The van der Waals surface area contributed by atoms with E-state index in [9.17, 15) is 9.59 Å². The van der Waals surface area contributed by atoms with Crippen LogP contribution in [0.4, 0.5) is 5.69 Å². The summed E-state index contributed by atoms with van der Waals surface area (Å²) in [5, 5.41) is 0. The molecule has 0 bridgehead atoms. The Bertz CT molecular complexity index is 930. The van der Waals surface area contributed by atoms with Gasteiger partial charge in [0, 0.05) is 0 Å². The van der Waals surface area contributed by atoms with Gasteiger partial charge in [0.2, 0.25) is 5.91 Å². The molecule has 0 radical (unpaired) electrons.